The third kappa shape index (κ3) is 5.93. The summed E-state index contributed by atoms with van der Waals surface area (Å²) in [6.45, 7) is 15.4. The zero-order valence-corrected chi connectivity index (χ0v) is 22.5. The summed E-state index contributed by atoms with van der Waals surface area (Å²) in [5.74, 6) is 0.464. The maximum Gasteiger partial charge on any atom is 0.0998 e. The maximum atomic E-state index is 11.2. The molecule has 0 aliphatic rings. The Hall–Kier alpha value is -2.54. The van der Waals surface area contributed by atoms with Crippen LogP contribution in [0.25, 0.3) is 27.1 Å². The summed E-state index contributed by atoms with van der Waals surface area (Å²) in [7, 11) is 0. The smallest absolute Gasteiger partial charge is 0.0998 e. The predicted molar refractivity (Wildman–Crippen MR) is 152 cm³/mol. The summed E-state index contributed by atoms with van der Waals surface area (Å²) in [6.07, 6.45) is 9.86. The molecule has 3 aromatic carbocycles. The van der Waals surface area contributed by atoms with Gasteiger partial charge in [0, 0.05) is 17.6 Å². The molecule has 34 heavy (non-hydrogen) atoms. The first-order valence-corrected chi connectivity index (χ1v) is 13.3. The first-order chi connectivity index (χ1) is 16.2. The summed E-state index contributed by atoms with van der Waals surface area (Å²) < 4.78 is 0. The summed E-state index contributed by atoms with van der Waals surface area (Å²) in [4.78, 5) is 0. The summed E-state index contributed by atoms with van der Waals surface area (Å²) in [5.41, 5.74) is 6.23. The lowest BCUT2D eigenvalue weighted by Gasteiger charge is -2.22. The van der Waals surface area contributed by atoms with Crippen molar-refractivity contribution in [1.82, 2.24) is 0 Å². The number of aliphatic hydroxyl groups is 1. The van der Waals surface area contributed by atoms with Crippen LogP contribution in [0.5, 0.6) is 0 Å². The number of benzene rings is 3. The average molecular weight is 457 g/mol. The van der Waals surface area contributed by atoms with Gasteiger partial charge in [0.2, 0.25) is 0 Å². The molecule has 0 aromatic heterocycles. The molecule has 0 saturated heterocycles. The third-order valence-corrected chi connectivity index (χ3v) is 7.18. The van der Waals surface area contributed by atoms with Crippen molar-refractivity contribution in [3.8, 4) is 0 Å². The molecule has 0 atom stereocenters. The second-order valence-electron chi connectivity index (χ2n) is 10.9. The number of rotatable bonds is 9. The maximum absolute atomic E-state index is 11.2. The third-order valence-electron chi connectivity index (χ3n) is 7.18. The van der Waals surface area contributed by atoms with Crippen LogP contribution in [0.3, 0.4) is 0 Å². The van der Waals surface area contributed by atoms with Crippen molar-refractivity contribution in [3.05, 3.63) is 76.6 Å². The Morgan fingerprint density at radius 1 is 0.794 bits per heavy atom. The van der Waals surface area contributed by atoms with Crippen molar-refractivity contribution >= 4 is 27.1 Å². The van der Waals surface area contributed by atoms with E-state index in [0.29, 0.717) is 12.2 Å². The number of hydrogen-bond donors (Lipinski definition) is 1. The van der Waals surface area contributed by atoms with E-state index >= 15 is 0 Å². The molecule has 0 fully saturated rings. The van der Waals surface area contributed by atoms with Crippen LogP contribution in [0, 0.1) is 5.41 Å². The molecule has 0 unspecified atom stereocenters. The predicted octanol–water partition coefficient (Wildman–Crippen LogP) is 10.3. The van der Waals surface area contributed by atoms with Gasteiger partial charge in [-0.15, -0.1) is 0 Å². The van der Waals surface area contributed by atoms with E-state index in [1.165, 1.54) is 69.5 Å². The van der Waals surface area contributed by atoms with Crippen molar-refractivity contribution < 1.29 is 5.11 Å². The van der Waals surface area contributed by atoms with E-state index in [-0.39, 0.29) is 5.41 Å². The number of aliphatic hydroxyl groups excluding tert-OH is 1. The van der Waals surface area contributed by atoms with Crippen molar-refractivity contribution in [3.63, 3.8) is 0 Å². The van der Waals surface area contributed by atoms with E-state index < -0.39 is 0 Å². The first kappa shape index (κ1) is 26.1. The van der Waals surface area contributed by atoms with Crippen molar-refractivity contribution in [1.29, 1.82) is 0 Å². The van der Waals surface area contributed by atoms with E-state index in [0.717, 1.165) is 18.4 Å². The number of hydrogen-bond acceptors (Lipinski definition) is 1. The van der Waals surface area contributed by atoms with Crippen LogP contribution >= 0.6 is 0 Å². The van der Waals surface area contributed by atoms with Gasteiger partial charge >= 0.3 is 0 Å². The minimum atomic E-state index is 0.0409. The van der Waals surface area contributed by atoms with Crippen molar-refractivity contribution in [2.75, 3.05) is 0 Å². The van der Waals surface area contributed by atoms with Gasteiger partial charge in [0.15, 0.2) is 0 Å². The van der Waals surface area contributed by atoms with Crippen LogP contribution in [-0.4, -0.2) is 5.11 Å². The fourth-order valence-electron chi connectivity index (χ4n) is 4.50. The molecule has 0 bridgehead atoms. The van der Waals surface area contributed by atoms with Gasteiger partial charge in [0.1, 0.15) is 0 Å². The van der Waals surface area contributed by atoms with Crippen LogP contribution < -0.4 is 0 Å². The number of aryl methyl sites for hydroxylation is 2. The Bertz CT molecular complexity index is 1200. The quantitative estimate of drug-likeness (QED) is 0.193. The van der Waals surface area contributed by atoms with E-state index in [4.69, 9.17) is 0 Å². The largest absolute Gasteiger partial charge is 0.512 e. The summed E-state index contributed by atoms with van der Waals surface area (Å²) >= 11 is 0. The zero-order valence-electron chi connectivity index (χ0n) is 22.5. The Labute approximate surface area is 207 Å². The Kier molecular flexibility index (Phi) is 8.63. The molecule has 0 spiro atoms. The topological polar surface area (TPSA) is 20.2 Å². The monoisotopic (exact) mass is 456 g/mol. The van der Waals surface area contributed by atoms with E-state index in [2.05, 4.69) is 90.1 Å². The van der Waals surface area contributed by atoms with Crippen molar-refractivity contribution in [2.45, 2.75) is 93.4 Å². The Morgan fingerprint density at radius 2 is 1.41 bits per heavy atom. The molecule has 1 N–H and O–H groups in total. The van der Waals surface area contributed by atoms with Crippen LogP contribution in [0.15, 0.2) is 59.9 Å². The van der Waals surface area contributed by atoms with Crippen molar-refractivity contribution in [2.24, 2.45) is 5.41 Å². The fraction of sp³-hybridized carbons (Fsp3) is 0.455. The summed E-state index contributed by atoms with van der Waals surface area (Å²) in [5, 5.41) is 16.2. The highest BCUT2D eigenvalue weighted by Crippen LogP contribution is 2.39. The molecule has 3 aromatic rings. The van der Waals surface area contributed by atoms with Crippen LogP contribution in [0.4, 0.5) is 0 Å². The average Bonchev–Trinajstić information content (AvgIpc) is 2.82. The second kappa shape index (κ2) is 11.3. The lowest BCUT2D eigenvalue weighted by atomic mass is 9.83. The molecule has 0 aliphatic heterocycles. The fourth-order valence-corrected chi connectivity index (χ4v) is 4.50. The molecule has 3 rings (SSSR count). The molecule has 1 heteroatoms. The van der Waals surface area contributed by atoms with Crippen LogP contribution in [0.1, 0.15) is 97.3 Å². The van der Waals surface area contributed by atoms with Gasteiger partial charge in [-0.25, -0.2) is 0 Å². The molecule has 0 heterocycles. The van der Waals surface area contributed by atoms with Gasteiger partial charge in [0.25, 0.3) is 0 Å². The lowest BCUT2D eigenvalue weighted by molar-refractivity contribution is 0.398. The van der Waals surface area contributed by atoms with E-state index in [1.807, 2.05) is 6.92 Å². The van der Waals surface area contributed by atoms with Crippen LogP contribution in [-0.2, 0) is 12.8 Å². The minimum absolute atomic E-state index is 0.0409. The standard InChI is InChI=1S/C33H44O/c1-8-11-13-24-16-18-28-27(20-24)22-26-17-15-25(14-12-9-2)21-29(26)32(28)30(31(34)10-3)19-23(4)33(5,6)7/h15-22,34H,8-14H2,1-7H3/b23-19+,31-30-. The summed E-state index contributed by atoms with van der Waals surface area (Å²) in [6, 6.07) is 16.2. The van der Waals surface area contributed by atoms with Gasteiger partial charge in [-0.3, -0.25) is 0 Å². The molecule has 182 valence electrons. The number of fused-ring (bicyclic) bond motifs is 2. The molecule has 0 radical (unpaired) electrons. The second-order valence-corrected chi connectivity index (χ2v) is 10.9. The molecular formula is C33H44O. The SMILES string of the molecule is CCCCc1ccc2c(C(/C=C(\C)C(C)(C)C)=C(\O)CC)c3cc(CCCC)ccc3cc2c1. The normalized spacial score (nSPS) is 13.6. The molecule has 1 nitrogen and oxygen atoms in total. The first-order valence-electron chi connectivity index (χ1n) is 13.3. The van der Waals surface area contributed by atoms with E-state index in [9.17, 15) is 5.11 Å². The number of allylic oxidation sites excluding steroid dienone is 4. The molecular weight excluding hydrogens is 412 g/mol. The highest BCUT2D eigenvalue weighted by Gasteiger charge is 2.19. The van der Waals surface area contributed by atoms with Gasteiger partial charge in [-0.2, -0.15) is 0 Å². The Balaban J connectivity index is 2.39. The zero-order chi connectivity index (χ0) is 24.9. The van der Waals surface area contributed by atoms with Gasteiger partial charge in [0.05, 0.1) is 5.76 Å². The van der Waals surface area contributed by atoms with Crippen LogP contribution in [0.2, 0.25) is 0 Å². The molecule has 0 saturated carbocycles. The Morgan fingerprint density at radius 3 is 2.00 bits per heavy atom. The van der Waals surface area contributed by atoms with E-state index in [1.54, 1.807) is 0 Å². The molecule has 0 aliphatic carbocycles. The minimum Gasteiger partial charge on any atom is -0.512 e. The molecule has 0 amide bonds. The van der Waals surface area contributed by atoms with Gasteiger partial charge < -0.3 is 5.11 Å². The highest BCUT2D eigenvalue weighted by atomic mass is 16.3. The van der Waals surface area contributed by atoms with Gasteiger partial charge in [-0.05, 0) is 76.8 Å². The lowest BCUT2D eigenvalue weighted by Crippen LogP contribution is -2.07. The van der Waals surface area contributed by atoms with Gasteiger partial charge in [-0.1, -0.05) is 102 Å². The highest BCUT2D eigenvalue weighted by molar-refractivity contribution is 6.11. The number of unbranched alkanes of at least 4 members (excludes halogenated alkanes) is 2.